The highest BCUT2D eigenvalue weighted by Gasteiger charge is 2.14. The molecule has 0 bridgehead atoms. The highest BCUT2D eigenvalue weighted by Crippen LogP contribution is 2.06. The molecule has 1 atom stereocenters. The highest BCUT2D eigenvalue weighted by molar-refractivity contribution is 7.72. The van der Waals surface area contributed by atoms with E-state index in [1.807, 2.05) is 0 Å². The Kier molecular flexibility index (Phi) is 2.48. The van der Waals surface area contributed by atoms with E-state index in [9.17, 15) is 8.42 Å². The Labute approximate surface area is 56.4 Å². The third kappa shape index (κ3) is 2.32. The summed E-state index contributed by atoms with van der Waals surface area (Å²) in [6, 6.07) is 0. The molecular weight excluding hydrogens is 138 g/mol. The lowest BCUT2D eigenvalue weighted by Gasteiger charge is -1.98. The van der Waals surface area contributed by atoms with Gasteiger partial charge in [0.15, 0.2) is 0 Å². The van der Waals surface area contributed by atoms with Crippen LogP contribution in [0.4, 0.5) is 0 Å². The summed E-state index contributed by atoms with van der Waals surface area (Å²) in [7, 11) is -2.15. The maximum absolute atomic E-state index is 10.2. The summed E-state index contributed by atoms with van der Waals surface area (Å²) in [4.78, 5) is 0. The van der Waals surface area contributed by atoms with Gasteiger partial charge in [0, 0.05) is 0 Å². The molecule has 3 nitrogen and oxygen atoms in total. The van der Waals surface area contributed by atoms with E-state index < -0.39 is 10.7 Å². The Morgan fingerprint density at radius 3 is 2.78 bits per heavy atom. The lowest BCUT2D eigenvalue weighted by Crippen LogP contribution is -2.12. The zero-order chi connectivity index (χ0) is 6.69. The second kappa shape index (κ2) is 3.17. The summed E-state index contributed by atoms with van der Waals surface area (Å²) in [5, 5.41) is 3.11. The molecule has 1 N–H and O–H groups in total. The minimum atomic E-state index is -2.15. The van der Waals surface area contributed by atoms with Crippen LogP contribution in [0.15, 0.2) is 0 Å². The molecule has 1 heterocycles. The van der Waals surface area contributed by atoms with Crippen LogP contribution < -0.4 is 5.32 Å². The molecule has 9 heavy (non-hydrogen) atoms. The Morgan fingerprint density at radius 1 is 1.56 bits per heavy atom. The third-order valence-electron chi connectivity index (χ3n) is 1.57. The number of hydrogen-bond donors (Lipinski definition) is 2. The van der Waals surface area contributed by atoms with E-state index in [-0.39, 0.29) is 0 Å². The van der Waals surface area contributed by atoms with Crippen LogP contribution in [-0.2, 0) is 10.7 Å². The molecule has 0 aromatic carbocycles. The molecule has 0 aromatic rings. The molecule has 0 amide bonds. The van der Waals surface area contributed by atoms with Crippen molar-refractivity contribution in [2.45, 2.75) is 6.42 Å². The van der Waals surface area contributed by atoms with Gasteiger partial charge in [-0.25, -0.2) is 8.42 Å². The summed E-state index contributed by atoms with van der Waals surface area (Å²) >= 11 is 0. The molecule has 0 spiro atoms. The summed E-state index contributed by atoms with van der Waals surface area (Å²) in [6.45, 7) is 1.86. The van der Waals surface area contributed by atoms with Crippen molar-refractivity contribution in [2.75, 3.05) is 18.8 Å². The minimum Gasteiger partial charge on any atom is -0.316 e. The van der Waals surface area contributed by atoms with Crippen LogP contribution in [0, 0.1) is 5.92 Å². The molecular formula is C5H11NO2S. The van der Waals surface area contributed by atoms with E-state index >= 15 is 0 Å². The molecule has 1 unspecified atom stereocenters. The average molecular weight is 149 g/mol. The molecule has 0 aromatic heterocycles. The van der Waals surface area contributed by atoms with Crippen LogP contribution in [0.25, 0.3) is 0 Å². The van der Waals surface area contributed by atoms with Crippen molar-refractivity contribution in [1.29, 1.82) is 0 Å². The molecule has 1 aliphatic heterocycles. The van der Waals surface area contributed by atoms with Crippen LogP contribution >= 0.6 is 0 Å². The first-order valence-electron chi connectivity index (χ1n) is 3.11. The van der Waals surface area contributed by atoms with Gasteiger partial charge in [-0.15, -0.1) is 0 Å². The van der Waals surface area contributed by atoms with Gasteiger partial charge in [0.1, 0.15) is 10.7 Å². The van der Waals surface area contributed by atoms with E-state index in [0.29, 0.717) is 11.7 Å². The lowest BCUT2D eigenvalue weighted by atomic mass is 10.2. The van der Waals surface area contributed by atoms with Crippen molar-refractivity contribution >= 4 is 10.7 Å². The van der Waals surface area contributed by atoms with Crippen molar-refractivity contribution < 1.29 is 8.42 Å². The Hall–Kier alpha value is -0.0900. The fourth-order valence-corrected chi connectivity index (χ4v) is 1.81. The zero-order valence-electron chi connectivity index (χ0n) is 5.17. The van der Waals surface area contributed by atoms with Crippen molar-refractivity contribution in [3.05, 3.63) is 0 Å². The number of nitrogens with one attached hydrogen (secondary N) is 1. The quantitative estimate of drug-likeness (QED) is 0.506. The van der Waals surface area contributed by atoms with Gasteiger partial charge in [-0.1, -0.05) is 0 Å². The molecule has 1 rings (SSSR count). The Morgan fingerprint density at radius 2 is 2.33 bits per heavy atom. The fourth-order valence-electron chi connectivity index (χ4n) is 1.08. The molecule has 1 fully saturated rings. The predicted octanol–water partition coefficient (Wildman–Crippen LogP) is -0.793. The van der Waals surface area contributed by atoms with Crippen molar-refractivity contribution in [2.24, 2.45) is 5.92 Å². The fraction of sp³-hybridized carbons (Fsp3) is 1.00. The topological polar surface area (TPSA) is 46.2 Å². The molecule has 1 aliphatic rings. The molecule has 1 saturated heterocycles. The van der Waals surface area contributed by atoms with Crippen LogP contribution in [0.1, 0.15) is 6.42 Å². The normalized spacial score (nSPS) is 27.4. The third-order valence-corrected chi connectivity index (χ3v) is 2.38. The van der Waals surface area contributed by atoms with E-state index in [4.69, 9.17) is 0 Å². The highest BCUT2D eigenvalue weighted by atomic mass is 32.2. The van der Waals surface area contributed by atoms with Crippen molar-refractivity contribution in [3.8, 4) is 0 Å². The summed E-state index contributed by atoms with van der Waals surface area (Å²) in [6.07, 6.45) is 1.02. The summed E-state index contributed by atoms with van der Waals surface area (Å²) < 4.78 is 20.3. The molecule has 54 valence electrons. The SMILES string of the molecule is O=[SH](=O)CC1CCNC1. The Bertz CT molecular complexity index is 141. The summed E-state index contributed by atoms with van der Waals surface area (Å²) in [5.74, 6) is 0.744. The van der Waals surface area contributed by atoms with Crippen LogP contribution in [0.3, 0.4) is 0 Å². The van der Waals surface area contributed by atoms with Crippen molar-refractivity contribution in [3.63, 3.8) is 0 Å². The van der Waals surface area contributed by atoms with Gasteiger partial charge < -0.3 is 5.32 Å². The molecule has 0 radical (unpaired) electrons. The number of hydrogen-bond acceptors (Lipinski definition) is 3. The van der Waals surface area contributed by atoms with Gasteiger partial charge in [0.2, 0.25) is 0 Å². The van der Waals surface area contributed by atoms with Gasteiger partial charge in [-0.05, 0) is 25.4 Å². The standard InChI is InChI=1S/C5H11NO2S/c7-9(8)4-5-1-2-6-3-5/h5-6,9H,1-4H2. The smallest absolute Gasteiger partial charge is 0.140 e. The molecule has 0 aliphatic carbocycles. The van der Waals surface area contributed by atoms with Crippen LogP contribution in [0.2, 0.25) is 0 Å². The lowest BCUT2D eigenvalue weighted by molar-refractivity contribution is 0.588. The van der Waals surface area contributed by atoms with Gasteiger partial charge >= 0.3 is 0 Å². The second-order valence-electron chi connectivity index (χ2n) is 2.37. The minimum absolute atomic E-state index is 0.363. The van der Waals surface area contributed by atoms with E-state index in [2.05, 4.69) is 5.32 Å². The van der Waals surface area contributed by atoms with E-state index in [1.54, 1.807) is 0 Å². The van der Waals surface area contributed by atoms with Gasteiger partial charge in [0.05, 0.1) is 5.75 Å². The maximum Gasteiger partial charge on any atom is 0.140 e. The van der Waals surface area contributed by atoms with Crippen LogP contribution in [-0.4, -0.2) is 27.3 Å². The van der Waals surface area contributed by atoms with Crippen LogP contribution in [0.5, 0.6) is 0 Å². The first-order valence-corrected chi connectivity index (χ1v) is 4.48. The molecule has 4 heteroatoms. The largest absolute Gasteiger partial charge is 0.316 e. The van der Waals surface area contributed by atoms with Gasteiger partial charge in [-0.3, -0.25) is 0 Å². The predicted molar refractivity (Wildman–Crippen MR) is 36.2 cm³/mol. The average Bonchev–Trinajstić information content (AvgIpc) is 2.15. The maximum atomic E-state index is 10.2. The monoisotopic (exact) mass is 149 g/mol. The summed E-state index contributed by atoms with van der Waals surface area (Å²) in [5.41, 5.74) is 0. The molecule has 0 saturated carbocycles. The van der Waals surface area contributed by atoms with E-state index in [0.717, 1.165) is 19.5 Å². The van der Waals surface area contributed by atoms with Crippen molar-refractivity contribution in [1.82, 2.24) is 5.32 Å². The zero-order valence-corrected chi connectivity index (χ0v) is 6.06. The first-order chi connectivity index (χ1) is 4.29. The van der Waals surface area contributed by atoms with Gasteiger partial charge in [0.25, 0.3) is 0 Å². The van der Waals surface area contributed by atoms with Gasteiger partial charge in [-0.2, -0.15) is 0 Å². The number of rotatable bonds is 2. The number of thiol groups is 1. The second-order valence-corrected chi connectivity index (χ2v) is 3.40. The first kappa shape index (κ1) is 7.02. The Balaban J connectivity index is 2.27. The van der Waals surface area contributed by atoms with E-state index in [1.165, 1.54) is 0 Å².